The van der Waals surface area contributed by atoms with Crippen LogP contribution in [0.3, 0.4) is 0 Å². The van der Waals surface area contributed by atoms with Crippen molar-refractivity contribution in [2.75, 3.05) is 12.8 Å². The van der Waals surface area contributed by atoms with Crippen LogP contribution in [-0.4, -0.2) is 55.9 Å². The standard InChI is InChI=1S/C26H29N5O4S2/c1-37(34,35)30-23(22(17-8-4-2-5-9-17)18-10-6-3-7-11-18)26(33)31-15-14-20(31)25(32)29-16-19-12-13-21(36-19)24(27)28/h2-13,20,22-23,30H,14-16H2,1H3,(H3,27,28)(H,29,32). The van der Waals surface area contributed by atoms with Gasteiger partial charge >= 0.3 is 0 Å². The van der Waals surface area contributed by atoms with Crippen molar-refractivity contribution in [1.82, 2.24) is 14.9 Å². The van der Waals surface area contributed by atoms with Crippen LogP contribution in [0.4, 0.5) is 0 Å². The minimum absolute atomic E-state index is 0.0332. The number of nitrogen functional groups attached to an aromatic ring is 1. The van der Waals surface area contributed by atoms with Gasteiger partial charge in [-0.3, -0.25) is 15.0 Å². The van der Waals surface area contributed by atoms with Gasteiger partial charge in [-0.25, -0.2) is 13.1 Å². The molecule has 0 aliphatic carbocycles. The Bertz CT molecular complexity index is 1340. The first-order valence-corrected chi connectivity index (χ1v) is 14.4. The second-order valence-corrected chi connectivity index (χ2v) is 11.8. The van der Waals surface area contributed by atoms with Crippen molar-refractivity contribution >= 4 is 39.0 Å². The number of hydrogen-bond donors (Lipinski definition) is 4. The number of nitrogens with one attached hydrogen (secondary N) is 3. The highest BCUT2D eigenvalue weighted by Crippen LogP contribution is 2.31. The molecule has 5 N–H and O–H groups in total. The zero-order valence-corrected chi connectivity index (χ0v) is 21.9. The van der Waals surface area contributed by atoms with Crippen molar-refractivity contribution in [1.29, 1.82) is 5.41 Å². The van der Waals surface area contributed by atoms with Gasteiger partial charge in [0.05, 0.1) is 17.7 Å². The third-order valence-corrected chi connectivity index (χ3v) is 8.03. The van der Waals surface area contributed by atoms with E-state index < -0.39 is 33.9 Å². The van der Waals surface area contributed by atoms with E-state index in [1.807, 2.05) is 60.7 Å². The van der Waals surface area contributed by atoms with Gasteiger partial charge in [-0.2, -0.15) is 0 Å². The van der Waals surface area contributed by atoms with Crippen LogP contribution in [0, 0.1) is 5.41 Å². The molecule has 37 heavy (non-hydrogen) atoms. The number of hydrogen-bond acceptors (Lipinski definition) is 6. The van der Waals surface area contributed by atoms with Gasteiger partial charge in [0, 0.05) is 17.3 Å². The Morgan fingerprint density at radius 2 is 1.65 bits per heavy atom. The Balaban J connectivity index is 1.57. The smallest absolute Gasteiger partial charge is 0.243 e. The third kappa shape index (κ3) is 6.43. The summed E-state index contributed by atoms with van der Waals surface area (Å²) in [6.45, 7) is 0.597. The Morgan fingerprint density at radius 1 is 1.05 bits per heavy atom. The Kier molecular flexibility index (Phi) is 8.06. The van der Waals surface area contributed by atoms with E-state index in [0.717, 1.165) is 22.3 Å². The van der Waals surface area contributed by atoms with Crippen molar-refractivity contribution in [2.45, 2.75) is 31.0 Å². The summed E-state index contributed by atoms with van der Waals surface area (Å²) in [4.78, 5) is 29.7. The number of nitrogens with two attached hydrogens (primary N) is 1. The summed E-state index contributed by atoms with van der Waals surface area (Å²) >= 11 is 1.32. The molecular formula is C26H29N5O4S2. The molecule has 1 fully saturated rings. The van der Waals surface area contributed by atoms with Crippen LogP contribution in [0.25, 0.3) is 0 Å². The summed E-state index contributed by atoms with van der Waals surface area (Å²) in [7, 11) is -3.76. The molecule has 0 bridgehead atoms. The number of carbonyl (C=O) groups excluding carboxylic acids is 2. The molecule has 0 spiro atoms. The fourth-order valence-corrected chi connectivity index (χ4v) is 5.91. The first-order valence-electron chi connectivity index (χ1n) is 11.7. The van der Waals surface area contributed by atoms with Crippen LogP contribution >= 0.6 is 11.3 Å². The van der Waals surface area contributed by atoms with Gasteiger partial charge in [-0.1, -0.05) is 60.7 Å². The molecule has 4 rings (SSSR count). The van der Waals surface area contributed by atoms with Gasteiger partial charge in [0.2, 0.25) is 21.8 Å². The minimum Gasteiger partial charge on any atom is -0.383 e. The lowest BCUT2D eigenvalue weighted by Gasteiger charge is -2.43. The molecule has 2 heterocycles. The molecule has 1 aromatic heterocycles. The van der Waals surface area contributed by atoms with E-state index in [-0.39, 0.29) is 18.3 Å². The second kappa shape index (κ2) is 11.2. The van der Waals surface area contributed by atoms with Crippen LogP contribution < -0.4 is 15.8 Å². The molecule has 9 nitrogen and oxygen atoms in total. The summed E-state index contributed by atoms with van der Waals surface area (Å²) in [5.74, 6) is -1.39. The highest BCUT2D eigenvalue weighted by atomic mass is 32.2. The number of benzene rings is 2. The highest BCUT2D eigenvalue weighted by Gasteiger charge is 2.44. The molecule has 3 aromatic rings. The second-order valence-electron chi connectivity index (χ2n) is 8.90. The van der Waals surface area contributed by atoms with E-state index in [2.05, 4.69) is 10.0 Å². The molecule has 1 saturated heterocycles. The maximum atomic E-state index is 13.8. The quantitative estimate of drug-likeness (QED) is 0.230. The van der Waals surface area contributed by atoms with Gasteiger partial charge in [-0.15, -0.1) is 11.3 Å². The number of sulfonamides is 1. The SMILES string of the molecule is CS(=O)(=O)NC(C(=O)N1CCC1C(=O)NCc1ccc(C(=N)N)s1)C(c1ccccc1)c1ccccc1. The molecular weight excluding hydrogens is 510 g/mol. The summed E-state index contributed by atoms with van der Waals surface area (Å²) in [6.07, 6.45) is 1.50. The lowest BCUT2D eigenvalue weighted by atomic mass is 9.84. The first-order chi connectivity index (χ1) is 17.6. The topological polar surface area (TPSA) is 145 Å². The van der Waals surface area contributed by atoms with Crippen molar-refractivity contribution in [3.05, 3.63) is 93.7 Å². The zero-order chi connectivity index (χ0) is 26.6. The number of amides is 2. The summed E-state index contributed by atoms with van der Waals surface area (Å²) in [5, 5.41) is 10.4. The molecule has 1 aliphatic heterocycles. The molecule has 2 aromatic carbocycles. The van der Waals surface area contributed by atoms with E-state index in [1.165, 1.54) is 16.2 Å². The van der Waals surface area contributed by atoms with Gasteiger partial charge in [0.1, 0.15) is 17.9 Å². The van der Waals surface area contributed by atoms with Crippen molar-refractivity contribution in [2.24, 2.45) is 5.73 Å². The van der Waals surface area contributed by atoms with Crippen LogP contribution in [0.2, 0.25) is 0 Å². The summed E-state index contributed by atoms with van der Waals surface area (Å²) in [5.41, 5.74) is 7.07. The predicted octanol–water partition coefficient (Wildman–Crippen LogP) is 2.00. The minimum atomic E-state index is -3.76. The van der Waals surface area contributed by atoms with Gasteiger partial charge in [0.15, 0.2) is 0 Å². The largest absolute Gasteiger partial charge is 0.383 e. The maximum Gasteiger partial charge on any atom is 0.243 e. The average Bonchev–Trinajstić information content (AvgIpc) is 3.32. The molecule has 0 saturated carbocycles. The van der Waals surface area contributed by atoms with Crippen LogP contribution in [0.1, 0.15) is 33.2 Å². The number of thiophene rings is 1. The first kappa shape index (κ1) is 26.5. The van der Waals surface area contributed by atoms with Crippen molar-refractivity contribution in [3.63, 3.8) is 0 Å². The van der Waals surface area contributed by atoms with Gasteiger partial charge < -0.3 is 16.0 Å². The van der Waals surface area contributed by atoms with Gasteiger partial charge in [0.25, 0.3) is 0 Å². The van der Waals surface area contributed by atoms with Crippen LogP contribution in [-0.2, 0) is 26.2 Å². The summed E-state index contributed by atoms with van der Waals surface area (Å²) in [6, 6.07) is 20.2. The average molecular weight is 540 g/mol. The third-order valence-electron chi connectivity index (χ3n) is 6.23. The van der Waals surface area contributed by atoms with Crippen LogP contribution in [0.5, 0.6) is 0 Å². The maximum absolute atomic E-state index is 13.8. The van der Waals surface area contributed by atoms with E-state index >= 15 is 0 Å². The summed E-state index contributed by atoms with van der Waals surface area (Å²) < 4.78 is 27.3. The number of amidine groups is 1. The molecule has 2 atom stereocenters. The molecule has 194 valence electrons. The highest BCUT2D eigenvalue weighted by molar-refractivity contribution is 7.88. The monoisotopic (exact) mass is 539 g/mol. The van der Waals surface area contributed by atoms with E-state index in [0.29, 0.717) is 17.8 Å². The fraction of sp³-hybridized carbons (Fsp3) is 0.269. The molecule has 1 aliphatic rings. The van der Waals surface area contributed by atoms with E-state index in [9.17, 15) is 18.0 Å². The zero-order valence-electron chi connectivity index (χ0n) is 20.3. The lowest BCUT2D eigenvalue weighted by molar-refractivity contribution is -0.149. The Labute approximate surface area is 220 Å². The number of nitrogens with zero attached hydrogens (tertiary/aromatic N) is 1. The van der Waals surface area contributed by atoms with Crippen molar-refractivity contribution < 1.29 is 18.0 Å². The fourth-order valence-electron chi connectivity index (χ4n) is 4.40. The van der Waals surface area contributed by atoms with Gasteiger partial charge in [-0.05, 0) is 29.7 Å². The molecule has 2 unspecified atom stereocenters. The predicted molar refractivity (Wildman–Crippen MR) is 144 cm³/mol. The molecule has 11 heteroatoms. The normalized spacial score (nSPS) is 16.2. The Hall–Kier alpha value is -3.54. The number of rotatable bonds is 10. The van der Waals surface area contributed by atoms with Crippen LogP contribution in [0.15, 0.2) is 72.8 Å². The number of likely N-dealkylation sites (tertiary alicyclic amines) is 1. The lowest BCUT2D eigenvalue weighted by Crippen LogP contribution is -2.63. The van der Waals surface area contributed by atoms with E-state index in [4.69, 9.17) is 11.1 Å². The van der Waals surface area contributed by atoms with Crippen molar-refractivity contribution in [3.8, 4) is 0 Å². The number of carbonyl (C=O) groups is 2. The molecule has 2 amide bonds. The molecule has 0 radical (unpaired) electrons. The van der Waals surface area contributed by atoms with E-state index in [1.54, 1.807) is 12.1 Å². The Morgan fingerprint density at radius 3 is 2.11 bits per heavy atom.